The highest BCUT2D eigenvalue weighted by molar-refractivity contribution is 7.86. The van der Waals surface area contributed by atoms with Gasteiger partial charge in [0.05, 0.1) is 24.7 Å². The topological polar surface area (TPSA) is 80.3 Å². The van der Waals surface area contributed by atoms with Crippen LogP contribution < -0.4 is 4.74 Å². The van der Waals surface area contributed by atoms with E-state index in [9.17, 15) is 8.42 Å². The molecule has 0 aromatic heterocycles. The van der Waals surface area contributed by atoms with Crippen molar-refractivity contribution in [3.8, 4) is 5.75 Å². The molecule has 0 aliphatic carbocycles. The maximum Gasteiger partial charge on any atom is 0.297 e. The predicted octanol–water partition coefficient (Wildman–Crippen LogP) is 4.22. The maximum atomic E-state index is 12.3. The van der Waals surface area contributed by atoms with Gasteiger partial charge in [0.2, 0.25) is 0 Å². The van der Waals surface area contributed by atoms with Crippen LogP contribution in [0.5, 0.6) is 5.75 Å². The van der Waals surface area contributed by atoms with Crippen molar-refractivity contribution in [3.63, 3.8) is 0 Å². The Morgan fingerprint density at radius 3 is 2.67 bits per heavy atom. The Bertz CT molecular complexity index is 699. The van der Waals surface area contributed by atoms with Gasteiger partial charge in [-0.25, -0.2) is 0 Å². The predicted molar refractivity (Wildman–Crippen MR) is 114 cm³/mol. The summed E-state index contributed by atoms with van der Waals surface area (Å²) in [6, 6.07) is 4.79. The molecule has 1 aliphatic heterocycles. The summed E-state index contributed by atoms with van der Waals surface area (Å²) in [5.41, 5.74) is 0.862. The Hall–Kier alpha value is -1.19. The summed E-state index contributed by atoms with van der Waals surface area (Å²) in [6.45, 7) is 6.87. The molecule has 0 saturated carbocycles. The average Bonchev–Trinajstić information content (AvgIpc) is 2.75. The molecule has 0 amide bonds. The molecule has 0 radical (unpaired) electrons. The molecule has 2 rings (SSSR count). The zero-order chi connectivity index (χ0) is 21.7. The summed E-state index contributed by atoms with van der Waals surface area (Å²) in [5.74, 6) is 0.523. The number of aryl methyl sites for hydroxylation is 1. The summed E-state index contributed by atoms with van der Waals surface area (Å²) in [5, 5.41) is 0. The van der Waals surface area contributed by atoms with Crippen molar-refractivity contribution in [2.45, 2.75) is 70.0 Å². The van der Waals surface area contributed by atoms with Crippen LogP contribution in [0.25, 0.3) is 0 Å². The number of unbranched alkanes of at least 4 members (excludes halogenated alkanes) is 2. The quantitative estimate of drug-likeness (QED) is 0.296. The van der Waals surface area contributed by atoms with E-state index in [1.165, 1.54) is 6.07 Å². The van der Waals surface area contributed by atoms with Gasteiger partial charge < -0.3 is 18.9 Å². The third-order valence-corrected chi connectivity index (χ3v) is 6.10. The Morgan fingerprint density at radius 1 is 1.03 bits per heavy atom. The molecule has 1 heterocycles. The van der Waals surface area contributed by atoms with Gasteiger partial charge in [-0.2, -0.15) is 8.42 Å². The highest BCUT2D eigenvalue weighted by Crippen LogP contribution is 2.24. The minimum atomic E-state index is -3.77. The van der Waals surface area contributed by atoms with Crippen LogP contribution in [0.4, 0.5) is 0 Å². The third-order valence-electron chi connectivity index (χ3n) is 4.79. The molecule has 0 bridgehead atoms. The molecular formula is C22H36O7S. The number of hydrogen-bond acceptors (Lipinski definition) is 7. The summed E-state index contributed by atoms with van der Waals surface area (Å²) in [6.07, 6.45) is 6.64. The lowest BCUT2D eigenvalue weighted by Crippen LogP contribution is -2.23. The van der Waals surface area contributed by atoms with Crippen molar-refractivity contribution >= 4 is 10.1 Å². The summed E-state index contributed by atoms with van der Waals surface area (Å²) < 4.78 is 52.2. The van der Waals surface area contributed by atoms with E-state index in [4.69, 9.17) is 23.1 Å². The molecule has 7 nitrogen and oxygen atoms in total. The Morgan fingerprint density at radius 2 is 1.90 bits per heavy atom. The largest absolute Gasteiger partial charge is 0.491 e. The number of hydrogen-bond donors (Lipinski definition) is 0. The Kier molecular flexibility index (Phi) is 11.7. The Balaban J connectivity index is 1.65. The highest BCUT2D eigenvalue weighted by atomic mass is 32.2. The van der Waals surface area contributed by atoms with Crippen molar-refractivity contribution in [3.05, 3.63) is 23.8 Å². The van der Waals surface area contributed by atoms with E-state index in [-0.39, 0.29) is 17.8 Å². The van der Waals surface area contributed by atoms with E-state index in [1.54, 1.807) is 12.1 Å². The fourth-order valence-corrected chi connectivity index (χ4v) is 3.97. The highest BCUT2D eigenvalue weighted by Gasteiger charge is 2.17. The molecule has 1 atom stereocenters. The fraction of sp³-hybridized carbons (Fsp3) is 0.727. The molecule has 1 aliphatic rings. The van der Waals surface area contributed by atoms with Gasteiger partial charge in [0, 0.05) is 19.3 Å². The second-order valence-electron chi connectivity index (χ2n) is 7.39. The van der Waals surface area contributed by atoms with E-state index in [1.807, 2.05) is 6.92 Å². The van der Waals surface area contributed by atoms with Crippen molar-refractivity contribution in [1.29, 1.82) is 0 Å². The van der Waals surface area contributed by atoms with Crippen LogP contribution in [-0.4, -0.2) is 54.3 Å². The number of ether oxygens (including phenoxy) is 4. The minimum absolute atomic E-state index is 0.0655. The maximum absolute atomic E-state index is 12.3. The van der Waals surface area contributed by atoms with Crippen molar-refractivity contribution in [1.82, 2.24) is 0 Å². The second-order valence-corrected chi connectivity index (χ2v) is 9.01. The first-order valence-corrected chi connectivity index (χ1v) is 12.4. The molecule has 0 spiro atoms. The lowest BCUT2D eigenvalue weighted by molar-refractivity contribution is -0.164. The smallest absolute Gasteiger partial charge is 0.297 e. The van der Waals surface area contributed by atoms with E-state index < -0.39 is 10.1 Å². The summed E-state index contributed by atoms with van der Waals surface area (Å²) in [7, 11) is -3.77. The molecule has 1 fully saturated rings. The SMILES string of the molecule is CCCCCOS(=O)(=O)c1ccc(C)c(OCCOCCCOC2CCCCO2)c1. The van der Waals surface area contributed by atoms with Crippen molar-refractivity contribution in [2.75, 3.05) is 39.6 Å². The first kappa shape index (κ1) is 25.1. The molecule has 8 heteroatoms. The molecule has 1 saturated heterocycles. The van der Waals surface area contributed by atoms with Crippen LogP contribution in [0.2, 0.25) is 0 Å². The molecule has 30 heavy (non-hydrogen) atoms. The van der Waals surface area contributed by atoms with Crippen molar-refractivity contribution < 1.29 is 31.5 Å². The van der Waals surface area contributed by atoms with E-state index in [0.29, 0.717) is 32.2 Å². The first-order valence-electron chi connectivity index (χ1n) is 11.0. The molecule has 1 aromatic rings. The molecule has 0 N–H and O–H groups in total. The van der Waals surface area contributed by atoms with Crippen LogP contribution >= 0.6 is 0 Å². The van der Waals surface area contributed by atoms with Crippen LogP contribution in [0.3, 0.4) is 0 Å². The summed E-state index contributed by atoms with van der Waals surface area (Å²) in [4.78, 5) is 0.114. The van der Waals surface area contributed by atoms with Crippen molar-refractivity contribution in [2.24, 2.45) is 0 Å². The monoisotopic (exact) mass is 444 g/mol. The van der Waals surface area contributed by atoms with Gasteiger partial charge in [-0.3, -0.25) is 4.18 Å². The average molecular weight is 445 g/mol. The van der Waals surface area contributed by atoms with Gasteiger partial charge in [-0.05, 0) is 50.7 Å². The zero-order valence-electron chi connectivity index (χ0n) is 18.3. The van der Waals surface area contributed by atoms with E-state index in [0.717, 1.165) is 57.1 Å². The molecule has 172 valence electrons. The second kappa shape index (κ2) is 14.0. The van der Waals surface area contributed by atoms with Gasteiger partial charge in [0.25, 0.3) is 10.1 Å². The lowest BCUT2D eigenvalue weighted by atomic mass is 10.2. The number of rotatable bonds is 15. The molecule has 1 unspecified atom stereocenters. The zero-order valence-corrected chi connectivity index (χ0v) is 19.1. The van der Waals surface area contributed by atoms with Gasteiger partial charge in [0.1, 0.15) is 12.4 Å². The van der Waals surface area contributed by atoms with Crippen LogP contribution in [0.1, 0.15) is 57.4 Å². The third kappa shape index (κ3) is 9.31. The van der Waals surface area contributed by atoms with Crippen LogP contribution in [0.15, 0.2) is 23.1 Å². The summed E-state index contributed by atoms with van der Waals surface area (Å²) >= 11 is 0. The van der Waals surface area contributed by atoms with Gasteiger partial charge in [-0.1, -0.05) is 25.8 Å². The van der Waals surface area contributed by atoms with E-state index >= 15 is 0 Å². The number of benzene rings is 1. The lowest BCUT2D eigenvalue weighted by Gasteiger charge is -2.22. The van der Waals surface area contributed by atoms with Crippen LogP contribution in [-0.2, 0) is 28.5 Å². The fourth-order valence-electron chi connectivity index (χ4n) is 3.01. The molecular weight excluding hydrogens is 408 g/mol. The van der Waals surface area contributed by atoms with E-state index in [2.05, 4.69) is 6.92 Å². The standard InChI is InChI=1S/C22H36O7S/c1-3-4-6-15-29-30(23,24)20-11-10-19(2)21(18-20)26-17-16-25-12-8-14-28-22-9-5-7-13-27-22/h10-11,18,22H,3-9,12-17H2,1-2H3. The van der Waals surface area contributed by atoms with Gasteiger partial charge >= 0.3 is 0 Å². The Labute approximate surface area is 181 Å². The first-order chi connectivity index (χ1) is 14.5. The molecule has 1 aromatic carbocycles. The van der Waals surface area contributed by atoms with Crippen LogP contribution in [0, 0.1) is 6.92 Å². The van der Waals surface area contributed by atoms with Gasteiger partial charge in [-0.15, -0.1) is 0 Å². The van der Waals surface area contributed by atoms with Gasteiger partial charge in [0.15, 0.2) is 6.29 Å². The minimum Gasteiger partial charge on any atom is -0.491 e. The normalized spacial score (nSPS) is 17.2.